The summed E-state index contributed by atoms with van der Waals surface area (Å²) >= 11 is 0. The molecule has 31 heavy (non-hydrogen) atoms. The summed E-state index contributed by atoms with van der Waals surface area (Å²) in [6.07, 6.45) is 7.42. The Morgan fingerprint density at radius 3 is 2.74 bits per heavy atom. The molecule has 2 saturated carbocycles. The summed E-state index contributed by atoms with van der Waals surface area (Å²) < 4.78 is 0. The average molecular weight is 535 g/mol. The van der Waals surface area contributed by atoms with Crippen LogP contribution in [0.2, 0.25) is 0 Å². The van der Waals surface area contributed by atoms with Gasteiger partial charge in [-0.3, -0.25) is 10.00 Å². The second-order valence-corrected chi connectivity index (χ2v) is 8.97. The van der Waals surface area contributed by atoms with Crippen molar-refractivity contribution in [3.8, 4) is 11.4 Å². The monoisotopic (exact) mass is 535 g/mol. The van der Waals surface area contributed by atoms with E-state index in [0.717, 1.165) is 54.9 Å². The Hall–Kier alpha value is -1.68. The molecule has 8 heteroatoms. The van der Waals surface area contributed by atoms with Gasteiger partial charge in [-0.15, -0.1) is 24.0 Å². The van der Waals surface area contributed by atoms with Crippen LogP contribution in [0.4, 0.5) is 0 Å². The zero-order valence-corrected chi connectivity index (χ0v) is 20.7. The first-order valence-electron chi connectivity index (χ1n) is 11.5. The van der Waals surface area contributed by atoms with E-state index in [1.807, 2.05) is 6.07 Å². The van der Waals surface area contributed by atoms with Crippen LogP contribution in [-0.4, -0.2) is 69.7 Å². The predicted molar refractivity (Wildman–Crippen MR) is 134 cm³/mol. The molecule has 7 nitrogen and oxygen atoms in total. The molecule has 3 unspecified atom stereocenters. The summed E-state index contributed by atoms with van der Waals surface area (Å²) in [7, 11) is 0. The zero-order chi connectivity index (χ0) is 20.3. The van der Waals surface area contributed by atoms with Gasteiger partial charge in [0.15, 0.2) is 11.8 Å². The number of aliphatic imine (C=N–C) groups is 1. The molecule has 0 radical (unpaired) electrons. The van der Waals surface area contributed by atoms with Crippen LogP contribution in [0, 0.1) is 11.8 Å². The molecule has 1 aromatic carbocycles. The minimum atomic E-state index is 0. The van der Waals surface area contributed by atoms with Crippen molar-refractivity contribution in [2.75, 3.05) is 32.7 Å². The molecule has 3 atom stereocenters. The third kappa shape index (κ3) is 5.05. The van der Waals surface area contributed by atoms with E-state index in [2.05, 4.69) is 55.4 Å². The number of aromatic nitrogens is 3. The number of guanidine groups is 1. The molecule has 168 valence electrons. The number of piperazine rings is 1. The third-order valence-electron chi connectivity index (χ3n) is 7.15. The summed E-state index contributed by atoms with van der Waals surface area (Å²) in [6.45, 7) is 8.17. The van der Waals surface area contributed by atoms with E-state index < -0.39 is 0 Å². The van der Waals surface area contributed by atoms with Crippen molar-refractivity contribution in [2.24, 2.45) is 16.8 Å². The normalized spacial score (nSPS) is 26.2. The number of aromatic amines is 1. The van der Waals surface area contributed by atoms with Gasteiger partial charge in [-0.1, -0.05) is 24.6 Å². The van der Waals surface area contributed by atoms with Crippen molar-refractivity contribution >= 4 is 29.9 Å². The number of H-pyrrole nitrogens is 1. The van der Waals surface area contributed by atoms with Crippen molar-refractivity contribution in [1.29, 1.82) is 0 Å². The fourth-order valence-electron chi connectivity index (χ4n) is 5.68. The molecule has 1 aromatic heterocycles. The number of hydrogen-bond donors (Lipinski definition) is 2. The molecule has 0 amide bonds. The van der Waals surface area contributed by atoms with Crippen LogP contribution in [0.25, 0.3) is 11.4 Å². The predicted octanol–water partition coefficient (Wildman–Crippen LogP) is 3.36. The number of hydrogen-bond acceptors (Lipinski definition) is 4. The van der Waals surface area contributed by atoms with E-state index in [1.165, 1.54) is 44.3 Å². The number of benzene rings is 1. The van der Waals surface area contributed by atoms with E-state index in [9.17, 15) is 0 Å². The molecule has 1 aliphatic heterocycles. The molecule has 2 bridgehead atoms. The van der Waals surface area contributed by atoms with Crippen LogP contribution in [0.5, 0.6) is 0 Å². The number of halogens is 1. The van der Waals surface area contributed by atoms with Crippen LogP contribution < -0.4 is 5.32 Å². The van der Waals surface area contributed by atoms with E-state index in [-0.39, 0.29) is 24.0 Å². The summed E-state index contributed by atoms with van der Waals surface area (Å²) in [5.74, 6) is 3.82. The fraction of sp³-hybridized carbons (Fsp3) is 0.609. The van der Waals surface area contributed by atoms with Gasteiger partial charge in [0.1, 0.15) is 6.33 Å². The zero-order valence-electron chi connectivity index (χ0n) is 18.3. The lowest BCUT2D eigenvalue weighted by Crippen LogP contribution is -2.55. The average Bonchev–Trinajstić information content (AvgIpc) is 3.56. The van der Waals surface area contributed by atoms with Crippen molar-refractivity contribution < 1.29 is 0 Å². The van der Waals surface area contributed by atoms with Crippen molar-refractivity contribution in [1.82, 2.24) is 30.3 Å². The Labute approximate surface area is 202 Å². The van der Waals surface area contributed by atoms with Gasteiger partial charge >= 0.3 is 0 Å². The van der Waals surface area contributed by atoms with Crippen LogP contribution >= 0.6 is 24.0 Å². The molecule has 3 fully saturated rings. The maximum Gasteiger partial charge on any atom is 0.194 e. The second-order valence-electron chi connectivity index (χ2n) is 8.97. The smallest absolute Gasteiger partial charge is 0.194 e. The molecular weight excluding hydrogens is 501 g/mol. The Morgan fingerprint density at radius 1 is 1.19 bits per heavy atom. The maximum atomic E-state index is 4.96. The van der Waals surface area contributed by atoms with Gasteiger partial charge in [-0.25, -0.2) is 9.98 Å². The third-order valence-corrected chi connectivity index (χ3v) is 7.15. The summed E-state index contributed by atoms with van der Waals surface area (Å²) in [4.78, 5) is 14.4. The van der Waals surface area contributed by atoms with Crippen LogP contribution in [0.15, 0.2) is 35.6 Å². The molecule has 2 aliphatic carbocycles. The first kappa shape index (κ1) is 22.5. The van der Waals surface area contributed by atoms with E-state index in [1.54, 1.807) is 6.33 Å². The van der Waals surface area contributed by atoms with Gasteiger partial charge in [0.25, 0.3) is 0 Å². The fourth-order valence-corrected chi connectivity index (χ4v) is 5.68. The number of nitrogens with one attached hydrogen (secondary N) is 2. The lowest BCUT2D eigenvalue weighted by molar-refractivity contribution is 0.0958. The lowest BCUT2D eigenvalue weighted by atomic mass is 9.93. The summed E-state index contributed by atoms with van der Waals surface area (Å²) in [5.41, 5.74) is 2.23. The highest BCUT2D eigenvalue weighted by Crippen LogP contribution is 2.46. The molecule has 3 aliphatic rings. The molecule has 1 saturated heterocycles. The molecular formula is C23H34IN7. The number of rotatable bonds is 5. The van der Waals surface area contributed by atoms with E-state index in [0.29, 0.717) is 6.54 Å². The van der Waals surface area contributed by atoms with Crippen molar-refractivity contribution in [2.45, 2.75) is 45.2 Å². The van der Waals surface area contributed by atoms with Crippen LogP contribution in [-0.2, 0) is 6.54 Å². The standard InChI is InChI=1S/C23H33N7.HI/c1-2-24-23(25-15-18-4-3-5-20(13-18)22-26-16-27-28-22)30-10-8-29(9-11-30)21-14-17-6-7-19(21)12-17;/h3-5,13,16-17,19,21H,2,6-12,14-15H2,1H3,(H,24,25)(H,26,27,28);1H. The Bertz CT molecular complexity index is 861. The number of nitrogens with zero attached hydrogens (tertiary/aromatic N) is 5. The quantitative estimate of drug-likeness (QED) is 0.349. The van der Waals surface area contributed by atoms with E-state index >= 15 is 0 Å². The molecule has 2 heterocycles. The summed E-state index contributed by atoms with van der Waals surface area (Å²) in [6, 6.07) is 9.22. The van der Waals surface area contributed by atoms with Gasteiger partial charge in [0, 0.05) is 44.3 Å². The first-order chi connectivity index (χ1) is 14.8. The van der Waals surface area contributed by atoms with Gasteiger partial charge in [-0.2, -0.15) is 5.10 Å². The number of fused-ring (bicyclic) bond motifs is 2. The maximum absolute atomic E-state index is 4.96. The molecule has 2 aromatic rings. The highest BCUT2D eigenvalue weighted by Gasteiger charge is 2.42. The summed E-state index contributed by atoms with van der Waals surface area (Å²) in [5, 5.41) is 10.4. The molecule has 5 rings (SSSR count). The Balaban J connectivity index is 0.00000231. The SMILES string of the molecule is CCNC(=NCc1cccc(-c2ncn[nH]2)c1)N1CCN(C2CC3CCC2C3)CC1.I. The highest BCUT2D eigenvalue weighted by atomic mass is 127. The largest absolute Gasteiger partial charge is 0.357 e. The molecule has 2 N–H and O–H groups in total. The Kier molecular flexibility index (Phi) is 7.47. The second kappa shape index (κ2) is 10.3. The topological polar surface area (TPSA) is 72.4 Å². The van der Waals surface area contributed by atoms with Gasteiger partial charge in [-0.05, 0) is 49.7 Å². The first-order valence-corrected chi connectivity index (χ1v) is 11.5. The minimum Gasteiger partial charge on any atom is -0.357 e. The minimum absolute atomic E-state index is 0. The Morgan fingerprint density at radius 2 is 2.06 bits per heavy atom. The lowest BCUT2D eigenvalue weighted by Gasteiger charge is -2.42. The van der Waals surface area contributed by atoms with Crippen molar-refractivity contribution in [3.63, 3.8) is 0 Å². The van der Waals surface area contributed by atoms with Gasteiger partial charge in [0.2, 0.25) is 0 Å². The molecule has 0 spiro atoms. The highest BCUT2D eigenvalue weighted by molar-refractivity contribution is 14.0. The van der Waals surface area contributed by atoms with Crippen molar-refractivity contribution in [3.05, 3.63) is 36.2 Å². The van der Waals surface area contributed by atoms with Gasteiger partial charge in [0.05, 0.1) is 6.54 Å². The van der Waals surface area contributed by atoms with Crippen LogP contribution in [0.1, 0.15) is 38.2 Å². The van der Waals surface area contributed by atoms with Crippen LogP contribution in [0.3, 0.4) is 0 Å². The van der Waals surface area contributed by atoms with E-state index in [4.69, 9.17) is 4.99 Å². The van der Waals surface area contributed by atoms with Gasteiger partial charge < -0.3 is 10.2 Å².